The molecule has 0 rings (SSSR count). The van der Waals surface area contributed by atoms with Gasteiger partial charge in [0.15, 0.2) is 0 Å². The van der Waals surface area contributed by atoms with Crippen molar-refractivity contribution in [3.63, 3.8) is 0 Å². The molecule has 6 nitrogen and oxygen atoms in total. The Balaban J connectivity index is -0.0000000150. The van der Waals surface area contributed by atoms with Crippen LogP contribution in [0, 0.1) is 0 Å². The van der Waals surface area contributed by atoms with Crippen molar-refractivity contribution in [1.82, 2.24) is 0 Å². The van der Waals surface area contributed by atoms with Gasteiger partial charge in [0.2, 0.25) is 0 Å². The van der Waals surface area contributed by atoms with Crippen molar-refractivity contribution in [2.45, 2.75) is 0 Å². The Kier molecular flexibility index (Phi) is 358. The van der Waals surface area contributed by atoms with Crippen molar-refractivity contribution >= 4 is 18.2 Å². The Hall–Kier alpha value is -0.743. The third kappa shape index (κ3) is 883. The van der Waals surface area contributed by atoms with Crippen LogP contribution in [0.25, 0.3) is 16.2 Å². The van der Waals surface area contributed by atoms with E-state index in [9.17, 15) is 0 Å². The monoisotopic (exact) mass is 189 g/mol. The van der Waals surface area contributed by atoms with Gasteiger partial charge in [-0.25, -0.2) is 0 Å². The number of hydrogen-bond acceptors (Lipinski definition) is 3. The van der Waals surface area contributed by atoms with Gasteiger partial charge in [-0.1, -0.05) is 0 Å². The van der Waals surface area contributed by atoms with Crippen molar-refractivity contribution in [2.24, 2.45) is 0 Å². The van der Waals surface area contributed by atoms with Crippen molar-refractivity contribution in [1.29, 1.82) is 0 Å². The van der Waals surface area contributed by atoms with Gasteiger partial charge in [0.05, 0.1) is 0 Å². The zero-order valence-electron chi connectivity index (χ0n) is 5.42. The van der Waals surface area contributed by atoms with Crippen LogP contribution in [0.5, 0.6) is 0 Å². The molecule has 0 atom stereocenters. The van der Waals surface area contributed by atoms with Gasteiger partial charge in [0, 0.05) is 0 Å². The van der Waals surface area contributed by atoms with E-state index in [2.05, 4.69) is 0 Å². The van der Waals surface area contributed by atoms with Crippen LogP contribution in [0.1, 0.15) is 0 Å². The van der Waals surface area contributed by atoms with Crippen LogP contribution in [-0.2, 0) is 31.5 Å². The van der Waals surface area contributed by atoms with Crippen molar-refractivity contribution in [3.05, 3.63) is 16.2 Å². The molecule has 0 spiro atoms. The minimum absolute atomic E-state index is 0. The standard InChI is InChI=1S/3CNO.Fe.Li/c3*2-1-3;;/q3*-1;+2;+1. The topological polar surface area (TPSA) is 118 Å². The van der Waals surface area contributed by atoms with Crippen LogP contribution in [0.2, 0.25) is 0 Å². The van der Waals surface area contributed by atoms with Gasteiger partial charge in [0.25, 0.3) is 0 Å². The zero-order valence-corrected chi connectivity index (χ0v) is 6.52. The second kappa shape index (κ2) is 124. The van der Waals surface area contributed by atoms with Gasteiger partial charge in [-0.15, -0.1) is 0 Å². The molecule has 0 amide bonds. The van der Waals surface area contributed by atoms with E-state index < -0.39 is 0 Å². The second-order valence-electron chi connectivity index (χ2n) is 0.274. The Bertz CT molecular complexity index is 115. The van der Waals surface area contributed by atoms with Crippen molar-refractivity contribution < 1.29 is 50.3 Å². The Morgan fingerprint density at radius 1 is 0.727 bits per heavy atom. The molecular formula is C3FeLiN3O3. The van der Waals surface area contributed by atoms with E-state index in [1.54, 1.807) is 0 Å². The molecule has 11 heavy (non-hydrogen) atoms. The predicted octanol–water partition coefficient (Wildman–Crippen LogP) is -3.32. The van der Waals surface area contributed by atoms with Crippen molar-refractivity contribution in [3.8, 4) is 0 Å². The minimum Gasteiger partial charge on any atom is -0.724 e. The van der Waals surface area contributed by atoms with Crippen molar-refractivity contribution in [2.75, 3.05) is 0 Å². The van der Waals surface area contributed by atoms with Crippen LogP contribution in [-0.4, -0.2) is 18.2 Å². The van der Waals surface area contributed by atoms with Gasteiger partial charge < -0.3 is 16.2 Å². The summed E-state index contributed by atoms with van der Waals surface area (Å²) in [5.41, 5.74) is 0. The summed E-state index contributed by atoms with van der Waals surface area (Å²) in [5, 5.41) is 20.3. The van der Waals surface area contributed by atoms with Gasteiger partial charge in [0.1, 0.15) is 0 Å². The molecule has 0 saturated heterocycles. The summed E-state index contributed by atoms with van der Waals surface area (Å²) in [6.45, 7) is 0. The third-order valence-corrected chi connectivity index (χ3v) is 0. The van der Waals surface area contributed by atoms with Crippen LogP contribution in [0.3, 0.4) is 0 Å². The van der Waals surface area contributed by atoms with Gasteiger partial charge >= 0.3 is 35.9 Å². The molecular weight excluding hydrogens is 189 g/mol. The molecule has 0 aromatic carbocycles. The van der Waals surface area contributed by atoms with E-state index in [-0.39, 0.29) is 35.9 Å². The average Bonchev–Trinajstić information content (AvgIpc) is 1.70. The van der Waals surface area contributed by atoms with E-state index in [0.29, 0.717) is 18.2 Å². The molecule has 0 aromatic rings. The molecule has 0 fully saturated rings. The summed E-state index contributed by atoms with van der Waals surface area (Å²) >= 11 is 0. The zero-order chi connectivity index (χ0) is 8.12. The first-order valence-corrected chi connectivity index (χ1v) is 1.28. The summed E-state index contributed by atoms with van der Waals surface area (Å²) in [7, 11) is 0. The molecule has 0 aliphatic carbocycles. The first kappa shape index (κ1) is 31.8. The van der Waals surface area contributed by atoms with Crippen LogP contribution < -0.4 is 18.9 Å². The Morgan fingerprint density at radius 2 is 0.727 bits per heavy atom. The molecule has 0 bridgehead atoms. The summed E-state index contributed by atoms with van der Waals surface area (Å²) in [6.07, 6.45) is 1.50. The maximum Gasteiger partial charge on any atom is 2.00 e. The third-order valence-electron chi connectivity index (χ3n) is 0. The molecule has 0 unspecified atom stereocenters. The molecule has 8 heteroatoms. The maximum atomic E-state index is 8.24. The van der Waals surface area contributed by atoms with E-state index in [1.807, 2.05) is 0 Å². The SMILES string of the molecule is [Fe+2].[Li+].[N-]=C=O.[N-]=C=O.[N-]=C=O. The normalized spacial score (nSPS) is 2.18. The summed E-state index contributed by atoms with van der Waals surface area (Å²) in [4.78, 5) is 24.7. The quantitative estimate of drug-likeness (QED) is 0.225. The largest absolute Gasteiger partial charge is 2.00 e. The van der Waals surface area contributed by atoms with Crippen LogP contribution in [0.15, 0.2) is 0 Å². The van der Waals surface area contributed by atoms with Gasteiger partial charge in [-0.3, -0.25) is 14.4 Å². The van der Waals surface area contributed by atoms with E-state index in [4.69, 9.17) is 30.6 Å². The van der Waals surface area contributed by atoms with Gasteiger partial charge in [-0.2, -0.15) is 0 Å². The van der Waals surface area contributed by atoms with Gasteiger partial charge in [-0.05, 0) is 18.2 Å². The summed E-state index contributed by atoms with van der Waals surface area (Å²) < 4.78 is 0. The summed E-state index contributed by atoms with van der Waals surface area (Å²) in [6, 6.07) is 0. The number of hydrogen-bond donors (Lipinski definition) is 0. The number of rotatable bonds is 0. The molecule has 0 N–H and O–H groups in total. The predicted molar refractivity (Wildman–Crippen MR) is 27.2 cm³/mol. The molecule has 0 radical (unpaired) electrons. The summed E-state index contributed by atoms with van der Waals surface area (Å²) in [5.74, 6) is 0. The fraction of sp³-hybridized carbons (Fsp3) is 0. The smallest absolute Gasteiger partial charge is 0.724 e. The molecule has 0 heterocycles. The number of carbonyl (C=O) groups excluding carboxylic acids is 3. The Morgan fingerprint density at radius 3 is 0.727 bits per heavy atom. The maximum absolute atomic E-state index is 8.24. The Labute approximate surface area is 84.9 Å². The van der Waals surface area contributed by atoms with E-state index in [1.165, 1.54) is 0 Å². The molecule has 0 aromatic heterocycles. The van der Waals surface area contributed by atoms with Crippen LogP contribution in [0.4, 0.5) is 0 Å². The number of nitrogens with zero attached hydrogens (tertiary/aromatic N) is 3. The molecule has 0 saturated carbocycles. The van der Waals surface area contributed by atoms with Crippen LogP contribution >= 0.6 is 0 Å². The number of isocyanates is 3. The molecule has 0 aliphatic heterocycles. The van der Waals surface area contributed by atoms with E-state index in [0.717, 1.165) is 0 Å². The first-order valence-electron chi connectivity index (χ1n) is 1.28. The molecule has 54 valence electrons. The fourth-order valence-electron chi connectivity index (χ4n) is 0. The van der Waals surface area contributed by atoms with E-state index >= 15 is 0 Å². The average molecular weight is 189 g/mol. The first-order chi connectivity index (χ1) is 4.24. The minimum atomic E-state index is 0. The fourth-order valence-corrected chi connectivity index (χ4v) is 0. The molecule has 0 aliphatic rings. The second-order valence-corrected chi connectivity index (χ2v) is 0.274.